The van der Waals surface area contributed by atoms with Crippen LogP contribution in [0, 0.1) is 0 Å². The van der Waals surface area contributed by atoms with E-state index in [0.29, 0.717) is 10.8 Å². The predicted molar refractivity (Wildman–Crippen MR) is 84.4 cm³/mol. The highest BCUT2D eigenvalue weighted by molar-refractivity contribution is 6.30. The summed E-state index contributed by atoms with van der Waals surface area (Å²) in [6.45, 7) is 3.56. The molecule has 118 valence electrons. The Hall–Kier alpha value is -0.970. The van der Waals surface area contributed by atoms with Gasteiger partial charge in [0, 0.05) is 35.5 Å². The highest BCUT2D eigenvalue weighted by Crippen LogP contribution is 2.37. The first-order valence-corrected chi connectivity index (χ1v) is 7.88. The van der Waals surface area contributed by atoms with Crippen molar-refractivity contribution < 1.29 is 14.2 Å². The van der Waals surface area contributed by atoms with Crippen molar-refractivity contribution in [3.8, 4) is 11.5 Å². The van der Waals surface area contributed by atoms with Crippen LogP contribution in [-0.2, 0) is 11.2 Å². The van der Waals surface area contributed by atoms with Crippen molar-refractivity contribution in [1.82, 2.24) is 0 Å². The van der Waals surface area contributed by atoms with Crippen LogP contribution >= 0.6 is 11.6 Å². The Balaban J connectivity index is 2.25. The third-order valence-corrected chi connectivity index (χ3v) is 3.99. The second-order valence-electron chi connectivity index (χ2n) is 5.40. The van der Waals surface area contributed by atoms with E-state index < -0.39 is 0 Å². The predicted octanol–water partition coefficient (Wildman–Crippen LogP) is 3.19. The molecule has 2 N–H and O–H groups in total. The monoisotopic (exact) mass is 313 g/mol. The third kappa shape index (κ3) is 4.50. The molecule has 1 aliphatic rings. The molecule has 5 heteroatoms. The van der Waals surface area contributed by atoms with Crippen LogP contribution in [0.3, 0.4) is 0 Å². The number of hydrogen-bond donors (Lipinski definition) is 1. The first kappa shape index (κ1) is 16.4. The van der Waals surface area contributed by atoms with E-state index in [4.69, 9.17) is 31.5 Å². The molecule has 1 atom stereocenters. The van der Waals surface area contributed by atoms with Gasteiger partial charge in [-0.15, -0.1) is 0 Å². The van der Waals surface area contributed by atoms with Gasteiger partial charge in [-0.05, 0) is 18.9 Å². The van der Waals surface area contributed by atoms with Crippen molar-refractivity contribution in [1.29, 1.82) is 0 Å². The number of benzene rings is 1. The number of halogens is 1. The Morgan fingerprint density at radius 1 is 1.38 bits per heavy atom. The van der Waals surface area contributed by atoms with Gasteiger partial charge in [-0.3, -0.25) is 0 Å². The molecule has 1 saturated heterocycles. The fraction of sp³-hybridized carbons (Fsp3) is 0.625. The largest absolute Gasteiger partial charge is 0.493 e. The molecule has 2 rings (SSSR count). The maximum Gasteiger partial charge on any atom is 0.164 e. The topological polar surface area (TPSA) is 53.7 Å². The lowest BCUT2D eigenvalue weighted by Crippen LogP contribution is -2.27. The molecule has 1 heterocycles. The van der Waals surface area contributed by atoms with Gasteiger partial charge in [0.25, 0.3) is 0 Å². The molecule has 1 aromatic carbocycles. The van der Waals surface area contributed by atoms with E-state index in [2.05, 4.69) is 6.92 Å². The van der Waals surface area contributed by atoms with Crippen LogP contribution in [0.5, 0.6) is 11.5 Å². The second kappa shape index (κ2) is 7.87. The minimum absolute atomic E-state index is 0.0882. The highest BCUT2D eigenvalue weighted by Gasteiger charge is 2.21. The quantitative estimate of drug-likeness (QED) is 0.876. The summed E-state index contributed by atoms with van der Waals surface area (Å²) >= 11 is 6.17. The van der Waals surface area contributed by atoms with Crippen molar-refractivity contribution in [2.45, 2.75) is 44.8 Å². The Labute approximate surface area is 131 Å². The van der Waals surface area contributed by atoms with E-state index in [1.165, 1.54) is 0 Å². The summed E-state index contributed by atoms with van der Waals surface area (Å²) in [6, 6.07) is 3.80. The summed E-state index contributed by atoms with van der Waals surface area (Å²) in [7, 11) is 1.63. The zero-order chi connectivity index (χ0) is 15.2. The molecule has 0 aliphatic carbocycles. The average molecular weight is 314 g/mol. The van der Waals surface area contributed by atoms with E-state index >= 15 is 0 Å². The van der Waals surface area contributed by atoms with Crippen molar-refractivity contribution >= 4 is 11.6 Å². The molecule has 4 nitrogen and oxygen atoms in total. The zero-order valence-corrected chi connectivity index (χ0v) is 13.5. The lowest BCUT2D eigenvalue weighted by Gasteiger charge is -2.26. The summed E-state index contributed by atoms with van der Waals surface area (Å²) in [6.07, 6.45) is 3.58. The number of hydrogen-bond acceptors (Lipinski definition) is 4. The molecule has 0 spiro atoms. The van der Waals surface area contributed by atoms with Crippen molar-refractivity contribution in [3.63, 3.8) is 0 Å². The number of nitrogens with two attached hydrogens (primary N) is 1. The molecule has 1 aromatic rings. The lowest BCUT2D eigenvalue weighted by molar-refractivity contribution is 0.0241. The first-order chi connectivity index (χ1) is 10.1. The maximum atomic E-state index is 6.19. The van der Waals surface area contributed by atoms with E-state index in [9.17, 15) is 0 Å². The summed E-state index contributed by atoms with van der Waals surface area (Å²) < 4.78 is 17.0. The van der Waals surface area contributed by atoms with Gasteiger partial charge in [0.2, 0.25) is 0 Å². The lowest BCUT2D eigenvalue weighted by atomic mass is 10.0. The minimum Gasteiger partial charge on any atom is -0.493 e. The highest BCUT2D eigenvalue weighted by atomic mass is 35.5. The Morgan fingerprint density at radius 3 is 2.71 bits per heavy atom. The van der Waals surface area contributed by atoms with Gasteiger partial charge < -0.3 is 19.9 Å². The fourth-order valence-corrected chi connectivity index (χ4v) is 2.68. The fourth-order valence-electron chi connectivity index (χ4n) is 2.45. The van der Waals surface area contributed by atoms with Crippen molar-refractivity contribution in [2.75, 3.05) is 20.3 Å². The van der Waals surface area contributed by atoms with Crippen molar-refractivity contribution in [2.24, 2.45) is 5.73 Å². The first-order valence-electron chi connectivity index (χ1n) is 7.50. The molecular formula is C16H24ClNO3. The third-order valence-electron chi connectivity index (χ3n) is 3.78. The molecule has 0 aromatic heterocycles. The van der Waals surface area contributed by atoms with Crippen molar-refractivity contribution in [3.05, 3.63) is 22.7 Å². The Bertz CT molecular complexity index is 461. The molecule has 1 aliphatic heterocycles. The minimum atomic E-state index is 0.0882. The van der Waals surface area contributed by atoms with Crippen LogP contribution in [0.4, 0.5) is 0 Å². The van der Waals surface area contributed by atoms with E-state index in [0.717, 1.165) is 50.2 Å². The zero-order valence-electron chi connectivity index (χ0n) is 12.7. The van der Waals surface area contributed by atoms with Gasteiger partial charge in [0.05, 0.1) is 20.3 Å². The van der Waals surface area contributed by atoms with Crippen LogP contribution in [-0.4, -0.2) is 32.5 Å². The van der Waals surface area contributed by atoms with Crippen LogP contribution in [0.15, 0.2) is 12.1 Å². The summed E-state index contributed by atoms with van der Waals surface area (Å²) in [5, 5.41) is 0.643. The summed E-state index contributed by atoms with van der Waals surface area (Å²) in [5.41, 5.74) is 7.10. The SMILES string of the molecule is CCC(N)Cc1cc(Cl)cc(OC)c1OC1CCOCC1. The van der Waals surface area contributed by atoms with E-state index in [-0.39, 0.29) is 12.1 Å². The van der Waals surface area contributed by atoms with E-state index in [1.54, 1.807) is 13.2 Å². The number of rotatable bonds is 6. The van der Waals surface area contributed by atoms with Gasteiger partial charge in [-0.2, -0.15) is 0 Å². The molecule has 1 unspecified atom stereocenters. The number of ether oxygens (including phenoxy) is 3. The molecule has 0 amide bonds. The van der Waals surface area contributed by atoms with Gasteiger partial charge in [0.1, 0.15) is 6.10 Å². The Kier molecular flexibility index (Phi) is 6.15. The second-order valence-corrected chi connectivity index (χ2v) is 5.83. The van der Waals surface area contributed by atoms with Gasteiger partial charge in [-0.25, -0.2) is 0 Å². The van der Waals surface area contributed by atoms with Crippen LogP contribution < -0.4 is 15.2 Å². The summed E-state index contributed by atoms with van der Waals surface area (Å²) in [4.78, 5) is 0. The van der Waals surface area contributed by atoms with Gasteiger partial charge >= 0.3 is 0 Å². The van der Waals surface area contributed by atoms with Gasteiger partial charge in [0.15, 0.2) is 11.5 Å². The Morgan fingerprint density at radius 2 is 2.10 bits per heavy atom. The normalized spacial score (nSPS) is 17.5. The van der Waals surface area contributed by atoms with Crippen LogP contribution in [0.1, 0.15) is 31.7 Å². The molecule has 0 bridgehead atoms. The maximum absolute atomic E-state index is 6.19. The van der Waals surface area contributed by atoms with Crippen LogP contribution in [0.2, 0.25) is 5.02 Å². The van der Waals surface area contributed by atoms with Crippen LogP contribution in [0.25, 0.3) is 0 Å². The summed E-state index contributed by atoms with van der Waals surface area (Å²) in [5.74, 6) is 1.45. The average Bonchev–Trinajstić information content (AvgIpc) is 2.50. The molecule has 0 radical (unpaired) electrons. The number of methoxy groups -OCH3 is 1. The molecule has 1 fully saturated rings. The standard InChI is InChI=1S/C16H24ClNO3/c1-3-13(18)9-11-8-12(17)10-15(19-2)16(11)21-14-4-6-20-7-5-14/h8,10,13-14H,3-7,9,18H2,1-2H3. The molecule has 0 saturated carbocycles. The van der Waals surface area contributed by atoms with Gasteiger partial charge in [-0.1, -0.05) is 18.5 Å². The van der Waals surface area contributed by atoms with E-state index in [1.807, 2.05) is 6.07 Å². The molecule has 21 heavy (non-hydrogen) atoms. The molecular weight excluding hydrogens is 290 g/mol. The smallest absolute Gasteiger partial charge is 0.164 e.